The highest BCUT2D eigenvalue weighted by Crippen LogP contribution is 2.44. The summed E-state index contributed by atoms with van der Waals surface area (Å²) in [6.07, 6.45) is 10.6. The summed E-state index contributed by atoms with van der Waals surface area (Å²) in [5.74, 6) is -1.39. The van der Waals surface area contributed by atoms with Crippen molar-refractivity contribution in [2.24, 2.45) is 17.3 Å². The minimum absolute atomic E-state index is 0.0843. The topological polar surface area (TPSA) is 57.6 Å². The molecule has 0 aromatic carbocycles. The molecule has 0 unspecified atom stereocenters. The Hall–Kier alpha value is -1.32. The van der Waals surface area contributed by atoms with E-state index in [0.29, 0.717) is 6.42 Å². The zero-order valence-electron chi connectivity index (χ0n) is 11.2. The molecule has 0 aromatic rings. The number of piperidine rings is 1. The van der Waals surface area contributed by atoms with Crippen molar-refractivity contribution in [2.75, 3.05) is 13.1 Å². The molecule has 1 heterocycles. The molecule has 1 spiro atoms. The van der Waals surface area contributed by atoms with Gasteiger partial charge in [-0.05, 0) is 43.9 Å². The Morgan fingerprint density at radius 3 is 2.68 bits per heavy atom. The fourth-order valence-electron chi connectivity index (χ4n) is 3.68. The Balaban J connectivity index is 1.64. The van der Waals surface area contributed by atoms with Crippen LogP contribution in [0.3, 0.4) is 0 Å². The molecule has 1 saturated carbocycles. The lowest BCUT2D eigenvalue weighted by molar-refractivity contribution is -0.143. The summed E-state index contributed by atoms with van der Waals surface area (Å²) in [6, 6.07) is 0. The summed E-state index contributed by atoms with van der Waals surface area (Å²) in [7, 11) is 0. The van der Waals surface area contributed by atoms with Gasteiger partial charge in [-0.1, -0.05) is 12.2 Å². The molecule has 3 aliphatic rings. The summed E-state index contributed by atoms with van der Waals surface area (Å²) in [5.41, 5.74) is 0.274. The first-order chi connectivity index (χ1) is 9.11. The molecule has 0 radical (unpaired) electrons. The van der Waals surface area contributed by atoms with Crippen LogP contribution in [0.15, 0.2) is 12.2 Å². The van der Waals surface area contributed by atoms with Crippen LogP contribution < -0.4 is 0 Å². The van der Waals surface area contributed by atoms with Gasteiger partial charge in [0.15, 0.2) is 0 Å². The van der Waals surface area contributed by atoms with Gasteiger partial charge in [0, 0.05) is 13.1 Å². The van der Waals surface area contributed by atoms with Crippen molar-refractivity contribution >= 4 is 11.9 Å². The second-order valence-electron chi connectivity index (χ2n) is 6.36. The summed E-state index contributed by atoms with van der Waals surface area (Å²) < 4.78 is 0. The van der Waals surface area contributed by atoms with Crippen molar-refractivity contribution in [1.82, 2.24) is 4.90 Å². The van der Waals surface area contributed by atoms with Gasteiger partial charge in [-0.3, -0.25) is 9.59 Å². The van der Waals surface area contributed by atoms with E-state index in [-0.39, 0.29) is 17.2 Å². The Kier molecular flexibility index (Phi) is 3.11. The second-order valence-corrected chi connectivity index (χ2v) is 6.36. The average molecular weight is 263 g/mol. The van der Waals surface area contributed by atoms with Gasteiger partial charge in [0.25, 0.3) is 0 Å². The summed E-state index contributed by atoms with van der Waals surface area (Å²) >= 11 is 0. The minimum atomic E-state index is -0.814. The van der Waals surface area contributed by atoms with Crippen LogP contribution in [0.4, 0.5) is 0 Å². The van der Waals surface area contributed by atoms with Gasteiger partial charge in [0.05, 0.1) is 11.8 Å². The first kappa shape index (κ1) is 12.7. The third-order valence-electron chi connectivity index (χ3n) is 4.96. The Morgan fingerprint density at radius 1 is 1.21 bits per heavy atom. The molecule has 104 valence electrons. The molecular weight excluding hydrogens is 242 g/mol. The molecule has 3 atom stereocenters. The Labute approximate surface area is 113 Å². The summed E-state index contributed by atoms with van der Waals surface area (Å²) in [5, 5.41) is 8.93. The van der Waals surface area contributed by atoms with Gasteiger partial charge in [-0.15, -0.1) is 0 Å². The molecule has 4 heteroatoms. The smallest absolute Gasteiger partial charge is 0.307 e. The van der Waals surface area contributed by atoms with Crippen LogP contribution in [0.1, 0.15) is 38.5 Å². The molecule has 2 aliphatic carbocycles. The van der Waals surface area contributed by atoms with Gasteiger partial charge >= 0.3 is 5.97 Å². The Morgan fingerprint density at radius 2 is 2.05 bits per heavy atom. The lowest BCUT2D eigenvalue weighted by atomic mass is 9.71. The fourth-order valence-corrected chi connectivity index (χ4v) is 3.68. The number of carboxylic acid groups (broad SMARTS) is 1. The Bertz CT molecular complexity index is 431. The van der Waals surface area contributed by atoms with Gasteiger partial charge in [-0.25, -0.2) is 0 Å². The number of carbonyl (C=O) groups is 2. The molecule has 1 N–H and O–H groups in total. The van der Waals surface area contributed by atoms with Crippen molar-refractivity contribution in [2.45, 2.75) is 38.5 Å². The van der Waals surface area contributed by atoms with E-state index in [1.54, 1.807) is 0 Å². The highest BCUT2D eigenvalue weighted by atomic mass is 16.4. The van der Waals surface area contributed by atoms with Crippen LogP contribution in [0.25, 0.3) is 0 Å². The van der Waals surface area contributed by atoms with Crippen molar-refractivity contribution in [3.05, 3.63) is 12.2 Å². The molecule has 3 rings (SSSR count). The SMILES string of the molecule is O=C(O)[C@@H]1C[C@H]1C(=O)N1CCC[C@@]2(CC=CCC2)C1. The van der Waals surface area contributed by atoms with Gasteiger partial charge in [0.2, 0.25) is 5.91 Å². The summed E-state index contributed by atoms with van der Waals surface area (Å²) in [6.45, 7) is 1.64. The van der Waals surface area contributed by atoms with Crippen LogP contribution in [0.5, 0.6) is 0 Å². The van der Waals surface area contributed by atoms with E-state index in [1.807, 2.05) is 4.90 Å². The molecule has 1 saturated heterocycles. The predicted octanol–water partition coefficient (Wildman–Crippen LogP) is 2.06. The number of allylic oxidation sites excluding steroid dienone is 2. The number of hydrogen-bond acceptors (Lipinski definition) is 2. The maximum Gasteiger partial charge on any atom is 0.307 e. The van der Waals surface area contributed by atoms with Crippen molar-refractivity contribution < 1.29 is 14.7 Å². The average Bonchev–Trinajstić information content (AvgIpc) is 3.19. The number of carbonyl (C=O) groups excluding carboxylic acids is 1. The minimum Gasteiger partial charge on any atom is -0.481 e. The van der Waals surface area contributed by atoms with Crippen molar-refractivity contribution in [1.29, 1.82) is 0 Å². The van der Waals surface area contributed by atoms with E-state index in [1.165, 1.54) is 12.8 Å². The van der Waals surface area contributed by atoms with Crippen LogP contribution in [0, 0.1) is 17.3 Å². The molecule has 0 bridgehead atoms. The van der Waals surface area contributed by atoms with E-state index < -0.39 is 11.9 Å². The third-order valence-corrected chi connectivity index (χ3v) is 4.96. The van der Waals surface area contributed by atoms with Crippen LogP contribution >= 0.6 is 0 Å². The number of hydrogen-bond donors (Lipinski definition) is 1. The van der Waals surface area contributed by atoms with Crippen LogP contribution in [0.2, 0.25) is 0 Å². The van der Waals surface area contributed by atoms with Gasteiger partial charge in [0.1, 0.15) is 0 Å². The molecule has 19 heavy (non-hydrogen) atoms. The zero-order valence-corrected chi connectivity index (χ0v) is 11.2. The third kappa shape index (κ3) is 2.40. The van der Waals surface area contributed by atoms with E-state index in [2.05, 4.69) is 12.2 Å². The molecule has 4 nitrogen and oxygen atoms in total. The first-order valence-corrected chi connectivity index (χ1v) is 7.28. The number of aliphatic carboxylic acids is 1. The van der Waals surface area contributed by atoms with E-state index >= 15 is 0 Å². The monoisotopic (exact) mass is 263 g/mol. The number of amides is 1. The van der Waals surface area contributed by atoms with E-state index in [9.17, 15) is 9.59 Å². The molecule has 1 amide bonds. The predicted molar refractivity (Wildman–Crippen MR) is 70.5 cm³/mol. The molecule has 2 fully saturated rings. The maximum absolute atomic E-state index is 12.3. The second kappa shape index (κ2) is 4.66. The van der Waals surface area contributed by atoms with Crippen LogP contribution in [-0.4, -0.2) is 35.0 Å². The number of rotatable bonds is 2. The highest BCUT2D eigenvalue weighted by Gasteiger charge is 2.51. The number of nitrogens with zero attached hydrogens (tertiary/aromatic N) is 1. The zero-order chi connectivity index (χ0) is 13.5. The van der Waals surface area contributed by atoms with Crippen molar-refractivity contribution in [3.8, 4) is 0 Å². The molecular formula is C15H21NO3. The van der Waals surface area contributed by atoms with E-state index in [4.69, 9.17) is 5.11 Å². The molecule has 1 aliphatic heterocycles. The van der Waals surface area contributed by atoms with Gasteiger partial charge < -0.3 is 10.0 Å². The normalized spacial score (nSPS) is 37.4. The fraction of sp³-hybridized carbons (Fsp3) is 0.733. The molecule has 0 aromatic heterocycles. The lowest BCUT2D eigenvalue weighted by Gasteiger charge is -2.44. The van der Waals surface area contributed by atoms with Crippen LogP contribution in [-0.2, 0) is 9.59 Å². The standard InChI is InChI=1S/C15H21NO3/c17-13(11-9-12(11)14(18)19)16-8-4-7-15(10-16)5-2-1-3-6-15/h1-2,11-12H,3-10H2,(H,18,19)/t11-,12-,15+/m1/s1. The number of likely N-dealkylation sites (tertiary alicyclic amines) is 1. The lowest BCUT2D eigenvalue weighted by Crippen LogP contribution is -2.47. The van der Waals surface area contributed by atoms with Crippen molar-refractivity contribution in [3.63, 3.8) is 0 Å². The largest absolute Gasteiger partial charge is 0.481 e. The van der Waals surface area contributed by atoms with Gasteiger partial charge in [-0.2, -0.15) is 0 Å². The quantitative estimate of drug-likeness (QED) is 0.776. The number of carboxylic acids is 1. The van der Waals surface area contributed by atoms with E-state index in [0.717, 1.165) is 32.4 Å². The highest BCUT2D eigenvalue weighted by molar-refractivity contribution is 5.89. The first-order valence-electron chi connectivity index (χ1n) is 7.28. The summed E-state index contributed by atoms with van der Waals surface area (Å²) in [4.78, 5) is 25.2. The maximum atomic E-state index is 12.3.